The summed E-state index contributed by atoms with van der Waals surface area (Å²) in [6, 6.07) is 3.40. The highest BCUT2D eigenvalue weighted by Crippen LogP contribution is 2.32. The highest BCUT2D eigenvalue weighted by Gasteiger charge is 2.20. The molecule has 0 aromatic heterocycles. The van der Waals surface area contributed by atoms with Gasteiger partial charge in [-0.25, -0.2) is 4.39 Å². The van der Waals surface area contributed by atoms with Gasteiger partial charge in [-0.1, -0.05) is 0 Å². The van der Waals surface area contributed by atoms with Crippen LogP contribution >= 0.6 is 15.9 Å². The van der Waals surface area contributed by atoms with E-state index < -0.39 is 0 Å². The Balaban J connectivity index is 2.56. The van der Waals surface area contributed by atoms with Crippen LogP contribution in [-0.2, 0) is 6.42 Å². The molecule has 2 N–H and O–H groups in total. The highest BCUT2D eigenvalue weighted by molar-refractivity contribution is 9.10. The Kier molecular flexibility index (Phi) is 1.93. The minimum atomic E-state index is -0.217. The van der Waals surface area contributed by atoms with Gasteiger partial charge in [0.2, 0.25) is 0 Å². The molecule has 1 nitrogen and oxygen atoms in total. The quantitative estimate of drug-likeness (QED) is 0.728. The van der Waals surface area contributed by atoms with E-state index in [0.717, 1.165) is 18.4 Å². The van der Waals surface area contributed by atoms with Crippen LogP contribution in [0.5, 0.6) is 0 Å². The van der Waals surface area contributed by atoms with Crippen molar-refractivity contribution < 1.29 is 4.39 Å². The summed E-state index contributed by atoms with van der Waals surface area (Å²) in [6.45, 7) is 0. The molecule has 0 fully saturated rings. The maximum Gasteiger partial charge on any atom is 0.137 e. The number of halogens is 2. The van der Waals surface area contributed by atoms with Gasteiger partial charge in [-0.15, -0.1) is 0 Å². The molecule has 0 spiro atoms. The molecule has 64 valence electrons. The highest BCUT2D eigenvalue weighted by atomic mass is 79.9. The lowest BCUT2D eigenvalue weighted by atomic mass is 10.1. The first kappa shape index (κ1) is 8.20. The molecule has 0 bridgehead atoms. The third-order valence-corrected chi connectivity index (χ3v) is 2.91. The minimum absolute atomic E-state index is 0.0302. The Labute approximate surface area is 78.9 Å². The van der Waals surface area contributed by atoms with Crippen molar-refractivity contribution >= 4 is 15.9 Å². The second-order valence-corrected chi connectivity index (χ2v) is 3.96. The summed E-state index contributed by atoms with van der Waals surface area (Å²) in [5.74, 6) is -0.217. The predicted octanol–water partition coefficient (Wildman–Crippen LogP) is 2.53. The summed E-state index contributed by atoms with van der Waals surface area (Å²) in [4.78, 5) is 0. The van der Waals surface area contributed by atoms with Crippen molar-refractivity contribution in [1.29, 1.82) is 0 Å². The van der Waals surface area contributed by atoms with Gasteiger partial charge in [-0.3, -0.25) is 0 Å². The van der Waals surface area contributed by atoms with Crippen molar-refractivity contribution in [3.05, 3.63) is 33.5 Å². The molecule has 12 heavy (non-hydrogen) atoms. The summed E-state index contributed by atoms with van der Waals surface area (Å²) < 4.78 is 13.6. The van der Waals surface area contributed by atoms with E-state index in [0.29, 0.717) is 4.47 Å². The smallest absolute Gasteiger partial charge is 0.137 e. The molecule has 0 unspecified atom stereocenters. The number of rotatable bonds is 0. The van der Waals surface area contributed by atoms with Gasteiger partial charge in [0.15, 0.2) is 0 Å². The third kappa shape index (κ3) is 1.17. The Hall–Kier alpha value is -0.410. The van der Waals surface area contributed by atoms with Crippen molar-refractivity contribution in [2.24, 2.45) is 5.73 Å². The standard InChI is InChI=1S/C9H9BrFN/c10-7-3-5-1-2-9(12)6(5)4-8(7)11/h3-4,9H,1-2,12H2/t9-/m0/s1. The molecule has 0 amide bonds. The Morgan fingerprint density at radius 2 is 2.25 bits per heavy atom. The number of aryl methyl sites for hydroxylation is 1. The Morgan fingerprint density at radius 3 is 3.00 bits per heavy atom. The largest absolute Gasteiger partial charge is 0.324 e. The van der Waals surface area contributed by atoms with Gasteiger partial charge >= 0.3 is 0 Å². The van der Waals surface area contributed by atoms with Gasteiger partial charge in [0.05, 0.1) is 4.47 Å². The zero-order valence-electron chi connectivity index (χ0n) is 6.48. The van der Waals surface area contributed by atoms with Gasteiger partial charge in [0.25, 0.3) is 0 Å². The van der Waals surface area contributed by atoms with Crippen LogP contribution in [0.3, 0.4) is 0 Å². The SMILES string of the molecule is N[C@H]1CCc2cc(Br)c(F)cc21. The first-order valence-electron chi connectivity index (χ1n) is 3.92. The zero-order valence-corrected chi connectivity index (χ0v) is 8.07. The van der Waals surface area contributed by atoms with Crippen molar-refractivity contribution in [2.45, 2.75) is 18.9 Å². The van der Waals surface area contributed by atoms with E-state index in [1.54, 1.807) is 0 Å². The van der Waals surface area contributed by atoms with Gasteiger partial charge < -0.3 is 5.73 Å². The average Bonchev–Trinajstić information content (AvgIpc) is 2.35. The Morgan fingerprint density at radius 1 is 1.50 bits per heavy atom. The fourth-order valence-electron chi connectivity index (χ4n) is 1.63. The molecule has 0 aliphatic heterocycles. The molecule has 1 aliphatic carbocycles. The summed E-state index contributed by atoms with van der Waals surface area (Å²) in [5.41, 5.74) is 7.93. The predicted molar refractivity (Wildman–Crippen MR) is 49.3 cm³/mol. The number of fused-ring (bicyclic) bond motifs is 1. The Bertz CT molecular complexity index is 325. The molecule has 0 radical (unpaired) electrons. The van der Waals surface area contributed by atoms with E-state index in [4.69, 9.17) is 5.73 Å². The van der Waals surface area contributed by atoms with Crippen molar-refractivity contribution in [2.75, 3.05) is 0 Å². The van der Waals surface area contributed by atoms with Crippen LogP contribution in [0.4, 0.5) is 4.39 Å². The number of benzene rings is 1. The van der Waals surface area contributed by atoms with Crippen LogP contribution in [0.25, 0.3) is 0 Å². The number of hydrogen-bond acceptors (Lipinski definition) is 1. The third-order valence-electron chi connectivity index (χ3n) is 2.31. The molecule has 3 heteroatoms. The maximum absolute atomic E-state index is 13.0. The second-order valence-electron chi connectivity index (χ2n) is 3.11. The molecular weight excluding hydrogens is 221 g/mol. The van der Waals surface area contributed by atoms with Crippen LogP contribution in [-0.4, -0.2) is 0 Å². The number of hydrogen-bond donors (Lipinski definition) is 1. The van der Waals surface area contributed by atoms with Gasteiger partial charge in [0, 0.05) is 6.04 Å². The fraction of sp³-hybridized carbons (Fsp3) is 0.333. The van der Waals surface area contributed by atoms with E-state index in [1.165, 1.54) is 11.6 Å². The molecule has 0 heterocycles. The summed E-state index contributed by atoms with van der Waals surface area (Å²) in [7, 11) is 0. The van der Waals surface area contributed by atoms with E-state index in [9.17, 15) is 4.39 Å². The van der Waals surface area contributed by atoms with Crippen LogP contribution in [0.15, 0.2) is 16.6 Å². The van der Waals surface area contributed by atoms with E-state index in [1.807, 2.05) is 6.07 Å². The summed E-state index contributed by atoms with van der Waals surface area (Å²) in [5, 5.41) is 0. The van der Waals surface area contributed by atoms with Crippen LogP contribution < -0.4 is 5.73 Å². The first-order chi connectivity index (χ1) is 5.68. The molecule has 1 aromatic carbocycles. The second kappa shape index (κ2) is 2.82. The average molecular weight is 230 g/mol. The molecule has 0 saturated heterocycles. The van der Waals surface area contributed by atoms with E-state index >= 15 is 0 Å². The molecule has 1 aliphatic rings. The lowest BCUT2D eigenvalue weighted by Gasteiger charge is -2.04. The summed E-state index contributed by atoms with van der Waals surface area (Å²) in [6.07, 6.45) is 1.90. The monoisotopic (exact) mass is 229 g/mol. The van der Waals surface area contributed by atoms with Crippen LogP contribution in [0, 0.1) is 5.82 Å². The van der Waals surface area contributed by atoms with E-state index in [-0.39, 0.29) is 11.9 Å². The van der Waals surface area contributed by atoms with Gasteiger partial charge in [0.1, 0.15) is 5.82 Å². The first-order valence-corrected chi connectivity index (χ1v) is 4.71. The molecular formula is C9H9BrFN. The van der Waals surface area contributed by atoms with E-state index in [2.05, 4.69) is 15.9 Å². The van der Waals surface area contributed by atoms with Crippen molar-refractivity contribution in [1.82, 2.24) is 0 Å². The normalized spacial score (nSPS) is 21.1. The topological polar surface area (TPSA) is 26.0 Å². The lowest BCUT2D eigenvalue weighted by Crippen LogP contribution is -2.05. The maximum atomic E-state index is 13.0. The number of nitrogens with two attached hydrogens (primary N) is 1. The van der Waals surface area contributed by atoms with Gasteiger partial charge in [-0.2, -0.15) is 0 Å². The molecule has 2 rings (SSSR count). The van der Waals surface area contributed by atoms with Crippen LogP contribution in [0.1, 0.15) is 23.6 Å². The minimum Gasteiger partial charge on any atom is -0.324 e. The van der Waals surface area contributed by atoms with Crippen LogP contribution in [0.2, 0.25) is 0 Å². The van der Waals surface area contributed by atoms with Crippen molar-refractivity contribution in [3.8, 4) is 0 Å². The summed E-state index contributed by atoms with van der Waals surface area (Å²) >= 11 is 3.15. The zero-order chi connectivity index (χ0) is 8.72. The molecule has 1 atom stereocenters. The lowest BCUT2D eigenvalue weighted by molar-refractivity contribution is 0.615. The molecule has 0 saturated carbocycles. The fourth-order valence-corrected chi connectivity index (χ4v) is 2.02. The van der Waals surface area contributed by atoms with Gasteiger partial charge in [-0.05, 0) is 52.0 Å². The molecule has 1 aromatic rings. The van der Waals surface area contributed by atoms with Crippen molar-refractivity contribution in [3.63, 3.8) is 0 Å².